The van der Waals surface area contributed by atoms with E-state index in [1.54, 1.807) is 11.3 Å². The van der Waals surface area contributed by atoms with Crippen LogP contribution in [0.1, 0.15) is 24.0 Å². The van der Waals surface area contributed by atoms with Crippen molar-refractivity contribution >= 4 is 22.4 Å². The summed E-state index contributed by atoms with van der Waals surface area (Å²) in [5.41, 5.74) is 3.79. The lowest BCUT2D eigenvalue weighted by Crippen LogP contribution is -2.14. The fourth-order valence-electron chi connectivity index (χ4n) is 2.58. The van der Waals surface area contributed by atoms with E-state index in [1.807, 2.05) is 12.3 Å². The maximum atomic E-state index is 4.56. The normalized spacial score (nSPS) is 15.0. The number of pyridine rings is 1. The standard InChI is InChI=1S/C16H17N3S/c1-2-15-13(8-18-14-3-4-14)10-19(16(15)17-6-1)9-12-5-7-20-11-12/h1-2,5-7,10-11,14,18H,3-4,8-9H2. The van der Waals surface area contributed by atoms with Crippen LogP contribution in [-0.4, -0.2) is 15.6 Å². The average Bonchev–Trinajstić information content (AvgIpc) is 3.05. The van der Waals surface area contributed by atoms with Crippen LogP contribution in [-0.2, 0) is 13.1 Å². The van der Waals surface area contributed by atoms with Gasteiger partial charge in [-0.05, 0) is 52.9 Å². The summed E-state index contributed by atoms with van der Waals surface area (Å²) in [5, 5.41) is 9.21. The molecule has 0 atom stereocenters. The minimum absolute atomic E-state index is 0.738. The van der Waals surface area contributed by atoms with Crippen molar-refractivity contribution in [3.05, 3.63) is 52.5 Å². The first kappa shape index (κ1) is 12.1. The van der Waals surface area contributed by atoms with Gasteiger partial charge in [0.15, 0.2) is 0 Å². The van der Waals surface area contributed by atoms with Gasteiger partial charge in [0.05, 0.1) is 0 Å². The third-order valence-electron chi connectivity index (χ3n) is 3.81. The Morgan fingerprint density at radius 3 is 3.10 bits per heavy atom. The molecule has 102 valence electrons. The molecule has 0 unspecified atom stereocenters. The third kappa shape index (κ3) is 2.37. The second-order valence-corrected chi connectivity index (χ2v) is 6.22. The fraction of sp³-hybridized carbons (Fsp3) is 0.312. The van der Waals surface area contributed by atoms with Crippen LogP contribution in [0.15, 0.2) is 41.4 Å². The van der Waals surface area contributed by atoms with Crippen LogP contribution in [0.5, 0.6) is 0 Å². The first-order valence-corrected chi connectivity index (χ1v) is 8.01. The number of nitrogens with one attached hydrogen (secondary N) is 1. The predicted octanol–water partition coefficient (Wildman–Crippen LogP) is 3.40. The van der Waals surface area contributed by atoms with E-state index in [2.05, 4.69) is 44.0 Å². The van der Waals surface area contributed by atoms with Crippen LogP contribution in [0.2, 0.25) is 0 Å². The number of rotatable bonds is 5. The lowest BCUT2D eigenvalue weighted by molar-refractivity contribution is 0.687. The molecule has 3 aromatic heterocycles. The first-order valence-electron chi connectivity index (χ1n) is 7.07. The fourth-order valence-corrected chi connectivity index (χ4v) is 3.24. The summed E-state index contributed by atoms with van der Waals surface area (Å²) in [7, 11) is 0. The van der Waals surface area contributed by atoms with Crippen LogP contribution in [0.3, 0.4) is 0 Å². The van der Waals surface area contributed by atoms with Gasteiger partial charge in [0.2, 0.25) is 0 Å². The minimum Gasteiger partial charge on any atom is -0.328 e. The van der Waals surface area contributed by atoms with Gasteiger partial charge in [-0.15, -0.1) is 0 Å². The average molecular weight is 283 g/mol. The smallest absolute Gasteiger partial charge is 0.140 e. The molecule has 1 fully saturated rings. The molecule has 0 bridgehead atoms. The number of nitrogens with zero attached hydrogens (tertiary/aromatic N) is 2. The lowest BCUT2D eigenvalue weighted by Gasteiger charge is -2.01. The summed E-state index contributed by atoms with van der Waals surface area (Å²) in [6.45, 7) is 1.85. The predicted molar refractivity (Wildman–Crippen MR) is 83.0 cm³/mol. The molecule has 4 heteroatoms. The second kappa shape index (κ2) is 5.04. The van der Waals surface area contributed by atoms with Crippen LogP contribution in [0.4, 0.5) is 0 Å². The molecule has 3 heterocycles. The van der Waals surface area contributed by atoms with Gasteiger partial charge in [0.1, 0.15) is 5.65 Å². The van der Waals surface area contributed by atoms with Crippen molar-refractivity contribution in [2.24, 2.45) is 0 Å². The van der Waals surface area contributed by atoms with Gasteiger partial charge in [0.25, 0.3) is 0 Å². The molecule has 0 radical (unpaired) electrons. The molecule has 3 nitrogen and oxygen atoms in total. The zero-order valence-electron chi connectivity index (χ0n) is 11.2. The largest absolute Gasteiger partial charge is 0.328 e. The quantitative estimate of drug-likeness (QED) is 0.778. The number of fused-ring (bicyclic) bond motifs is 1. The summed E-state index contributed by atoms with van der Waals surface area (Å²) >= 11 is 1.75. The van der Waals surface area contributed by atoms with E-state index in [1.165, 1.54) is 29.4 Å². The van der Waals surface area contributed by atoms with Crippen molar-refractivity contribution in [2.45, 2.75) is 32.0 Å². The first-order chi connectivity index (χ1) is 9.90. The van der Waals surface area contributed by atoms with Crippen molar-refractivity contribution in [3.8, 4) is 0 Å². The molecule has 0 aliphatic heterocycles. The monoisotopic (exact) mass is 283 g/mol. The van der Waals surface area contributed by atoms with Crippen LogP contribution in [0.25, 0.3) is 11.0 Å². The summed E-state index contributed by atoms with van der Waals surface area (Å²) in [6, 6.07) is 7.12. The highest BCUT2D eigenvalue weighted by Gasteiger charge is 2.21. The number of thiophene rings is 1. The molecule has 0 amide bonds. The molecule has 3 aromatic rings. The number of aromatic nitrogens is 2. The van der Waals surface area contributed by atoms with Gasteiger partial charge in [0, 0.05) is 36.9 Å². The van der Waals surface area contributed by atoms with Gasteiger partial charge >= 0.3 is 0 Å². The molecule has 1 saturated carbocycles. The summed E-state index contributed by atoms with van der Waals surface area (Å²) < 4.78 is 2.27. The molecule has 1 aliphatic rings. The highest BCUT2D eigenvalue weighted by atomic mass is 32.1. The highest BCUT2D eigenvalue weighted by molar-refractivity contribution is 7.07. The molecule has 4 rings (SSSR count). The molecule has 0 saturated heterocycles. The Balaban J connectivity index is 1.68. The molecular formula is C16H17N3S. The SMILES string of the molecule is c1cnc2c(c1)c(CNC1CC1)cn2Cc1ccsc1. The van der Waals surface area contributed by atoms with Gasteiger partial charge in [-0.25, -0.2) is 4.98 Å². The van der Waals surface area contributed by atoms with Crippen molar-refractivity contribution < 1.29 is 0 Å². The van der Waals surface area contributed by atoms with Crippen molar-refractivity contribution in [3.63, 3.8) is 0 Å². The van der Waals surface area contributed by atoms with Crippen LogP contribution < -0.4 is 5.32 Å². The summed E-state index contributed by atoms with van der Waals surface area (Å²) in [6.07, 6.45) is 6.78. The zero-order chi connectivity index (χ0) is 13.4. The highest BCUT2D eigenvalue weighted by Crippen LogP contribution is 2.24. The summed E-state index contributed by atoms with van der Waals surface area (Å²) in [4.78, 5) is 4.56. The van der Waals surface area contributed by atoms with E-state index in [0.29, 0.717) is 0 Å². The van der Waals surface area contributed by atoms with E-state index in [9.17, 15) is 0 Å². The lowest BCUT2D eigenvalue weighted by atomic mass is 10.2. The van der Waals surface area contributed by atoms with Crippen molar-refractivity contribution in [1.82, 2.24) is 14.9 Å². The Morgan fingerprint density at radius 1 is 1.35 bits per heavy atom. The van der Waals surface area contributed by atoms with Crippen molar-refractivity contribution in [1.29, 1.82) is 0 Å². The molecule has 0 aromatic carbocycles. The van der Waals surface area contributed by atoms with Crippen LogP contribution >= 0.6 is 11.3 Å². The Labute approximate surface area is 122 Å². The second-order valence-electron chi connectivity index (χ2n) is 5.44. The molecule has 20 heavy (non-hydrogen) atoms. The van der Waals surface area contributed by atoms with Crippen molar-refractivity contribution in [2.75, 3.05) is 0 Å². The molecule has 0 spiro atoms. The Morgan fingerprint density at radius 2 is 2.30 bits per heavy atom. The number of hydrogen-bond donors (Lipinski definition) is 1. The molecule has 1 N–H and O–H groups in total. The maximum Gasteiger partial charge on any atom is 0.140 e. The van der Waals surface area contributed by atoms with E-state index in [0.717, 1.165) is 24.8 Å². The summed E-state index contributed by atoms with van der Waals surface area (Å²) in [5.74, 6) is 0. The van der Waals surface area contributed by atoms with E-state index in [-0.39, 0.29) is 0 Å². The Hall–Kier alpha value is -1.65. The van der Waals surface area contributed by atoms with E-state index in [4.69, 9.17) is 0 Å². The van der Waals surface area contributed by atoms with Gasteiger partial charge in [-0.1, -0.05) is 0 Å². The van der Waals surface area contributed by atoms with E-state index < -0.39 is 0 Å². The maximum absolute atomic E-state index is 4.56. The molecule has 1 aliphatic carbocycles. The van der Waals surface area contributed by atoms with Gasteiger partial charge in [-0.2, -0.15) is 11.3 Å². The zero-order valence-corrected chi connectivity index (χ0v) is 12.1. The number of hydrogen-bond acceptors (Lipinski definition) is 3. The Kier molecular flexibility index (Phi) is 3.05. The minimum atomic E-state index is 0.738. The topological polar surface area (TPSA) is 29.9 Å². The van der Waals surface area contributed by atoms with Crippen LogP contribution in [0, 0.1) is 0 Å². The van der Waals surface area contributed by atoms with E-state index >= 15 is 0 Å². The van der Waals surface area contributed by atoms with Gasteiger partial charge < -0.3 is 9.88 Å². The Bertz CT molecular complexity index is 710. The molecular weight excluding hydrogens is 266 g/mol. The third-order valence-corrected chi connectivity index (χ3v) is 4.54. The van der Waals surface area contributed by atoms with Gasteiger partial charge in [-0.3, -0.25) is 0 Å².